The summed E-state index contributed by atoms with van der Waals surface area (Å²) in [5.41, 5.74) is 0.693. The SMILES string of the molecule is C[C@H]1CC[C@@]2(OC1)O[C@H]1C[C@H]3[C@@H]4CC[C@@H]5CC(NC(=O)CC(=O)O)CC[C@]5(C)C4CC[C@]3(C)[C@H]1[C@@H]2C. The monoisotopic (exact) mass is 501 g/mol. The second kappa shape index (κ2) is 8.69. The van der Waals surface area contributed by atoms with Crippen LogP contribution in [0.15, 0.2) is 0 Å². The zero-order chi connectivity index (χ0) is 25.5. The minimum Gasteiger partial charge on any atom is -0.481 e. The molecule has 6 rings (SSSR count). The number of carboxylic acids is 1. The number of carboxylic acid groups (broad SMARTS) is 1. The Kier molecular flexibility index (Phi) is 6.07. The van der Waals surface area contributed by atoms with Crippen molar-refractivity contribution in [2.75, 3.05) is 6.61 Å². The van der Waals surface area contributed by atoms with E-state index in [0.29, 0.717) is 40.6 Å². The molecule has 1 spiro atoms. The number of aliphatic carboxylic acids is 1. The zero-order valence-electron chi connectivity index (χ0n) is 22.8. The van der Waals surface area contributed by atoms with E-state index in [1.807, 2.05) is 0 Å². The van der Waals surface area contributed by atoms with Crippen molar-refractivity contribution in [1.29, 1.82) is 0 Å². The van der Waals surface area contributed by atoms with Gasteiger partial charge in [-0.15, -0.1) is 0 Å². The first-order valence-corrected chi connectivity index (χ1v) is 14.9. The lowest BCUT2D eigenvalue weighted by Crippen LogP contribution is -2.56. The molecule has 4 aliphatic carbocycles. The molecule has 2 unspecified atom stereocenters. The molecule has 12 atom stereocenters. The van der Waals surface area contributed by atoms with Crippen LogP contribution in [0.5, 0.6) is 0 Å². The molecule has 0 aromatic carbocycles. The Labute approximate surface area is 216 Å². The van der Waals surface area contributed by atoms with Gasteiger partial charge in [-0.05, 0) is 104 Å². The molecule has 202 valence electrons. The summed E-state index contributed by atoms with van der Waals surface area (Å²) in [6.45, 7) is 10.7. The fourth-order valence-electron chi connectivity index (χ4n) is 10.8. The Hall–Kier alpha value is -1.14. The number of hydrogen-bond acceptors (Lipinski definition) is 4. The quantitative estimate of drug-likeness (QED) is 0.506. The molecule has 6 heteroatoms. The first-order valence-electron chi connectivity index (χ1n) is 14.9. The molecule has 2 heterocycles. The maximum atomic E-state index is 12.1. The number of amides is 1. The van der Waals surface area contributed by atoms with Gasteiger partial charge in [0, 0.05) is 18.4 Å². The third kappa shape index (κ3) is 3.71. The molecule has 0 radical (unpaired) electrons. The molecule has 4 saturated carbocycles. The summed E-state index contributed by atoms with van der Waals surface area (Å²) in [5, 5.41) is 12.0. The Morgan fingerprint density at radius 2 is 1.72 bits per heavy atom. The zero-order valence-corrected chi connectivity index (χ0v) is 22.8. The molecule has 1 amide bonds. The predicted molar refractivity (Wildman–Crippen MR) is 136 cm³/mol. The first-order chi connectivity index (χ1) is 17.1. The van der Waals surface area contributed by atoms with Crippen LogP contribution in [-0.4, -0.2) is 41.5 Å². The van der Waals surface area contributed by atoms with E-state index in [1.165, 1.54) is 38.5 Å². The van der Waals surface area contributed by atoms with Crippen LogP contribution in [0.2, 0.25) is 0 Å². The van der Waals surface area contributed by atoms with Gasteiger partial charge in [0.2, 0.25) is 5.91 Å². The summed E-state index contributed by atoms with van der Waals surface area (Å²) in [7, 11) is 0. The van der Waals surface area contributed by atoms with Crippen molar-refractivity contribution in [2.24, 2.45) is 52.3 Å². The van der Waals surface area contributed by atoms with Crippen LogP contribution in [0.25, 0.3) is 0 Å². The Balaban J connectivity index is 1.16. The number of carbonyl (C=O) groups excluding carboxylic acids is 1. The average Bonchev–Trinajstić information content (AvgIpc) is 3.26. The van der Waals surface area contributed by atoms with E-state index >= 15 is 0 Å². The van der Waals surface area contributed by atoms with E-state index in [-0.39, 0.29) is 17.7 Å². The summed E-state index contributed by atoms with van der Waals surface area (Å²) in [4.78, 5) is 23.0. The number of ether oxygens (including phenoxy) is 2. The molecule has 36 heavy (non-hydrogen) atoms. The van der Waals surface area contributed by atoms with E-state index in [1.54, 1.807) is 0 Å². The van der Waals surface area contributed by atoms with Crippen molar-refractivity contribution >= 4 is 11.9 Å². The van der Waals surface area contributed by atoms with Gasteiger partial charge in [-0.3, -0.25) is 9.59 Å². The normalized spacial score (nSPS) is 53.7. The Morgan fingerprint density at radius 1 is 0.944 bits per heavy atom. The minimum absolute atomic E-state index is 0.134. The van der Waals surface area contributed by atoms with Crippen LogP contribution >= 0.6 is 0 Å². The van der Waals surface area contributed by atoms with Gasteiger partial charge in [-0.2, -0.15) is 0 Å². The van der Waals surface area contributed by atoms with E-state index in [4.69, 9.17) is 14.6 Å². The first kappa shape index (κ1) is 25.2. The van der Waals surface area contributed by atoms with Crippen LogP contribution in [0.4, 0.5) is 0 Å². The van der Waals surface area contributed by atoms with Crippen LogP contribution in [0.1, 0.15) is 98.3 Å². The molecule has 6 fully saturated rings. The van der Waals surface area contributed by atoms with E-state index in [9.17, 15) is 9.59 Å². The maximum Gasteiger partial charge on any atom is 0.312 e. The molecule has 0 bridgehead atoms. The number of carbonyl (C=O) groups is 2. The van der Waals surface area contributed by atoms with Crippen molar-refractivity contribution in [3.63, 3.8) is 0 Å². The van der Waals surface area contributed by atoms with Crippen molar-refractivity contribution in [3.8, 4) is 0 Å². The van der Waals surface area contributed by atoms with Gasteiger partial charge in [0.25, 0.3) is 0 Å². The van der Waals surface area contributed by atoms with Crippen molar-refractivity contribution in [1.82, 2.24) is 5.32 Å². The summed E-state index contributed by atoms with van der Waals surface area (Å²) in [6.07, 6.45) is 11.7. The van der Waals surface area contributed by atoms with Crippen LogP contribution < -0.4 is 5.32 Å². The Morgan fingerprint density at radius 3 is 2.44 bits per heavy atom. The topological polar surface area (TPSA) is 84.9 Å². The molecule has 2 saturated heterocycles. The molecular weight excluding hydrogens is 454 g/mol. The third-order valence-electron chi connectivity index (χ3n) is 12.6. The molecule has 2 N–H and O–H groups in total. The summed E-state index contributed by atoms with van der Waals surface area (Å²) < 4.78 is 13.4. The van der Waals surface area contributed by atoms with Gasteiger partial charge >= 0.3 is 5.97 Å². The summed E-state index contributed by atoms with van der Waals surface area (Å²) in [5.74, 6) is 2.94. The lowest BCUT2D eigenvalue weighted by Gasteiger charge is -2.61. The lowest BCUT2D eigenvalue weighted by molar-refractivity contribution is -0.273. The molecule has 6 aliphatic rings. The highest BCUT2D eigenvalue weighted by Crippen LogP contribution is 2.71. The predicted octanol–water partition coefficient (Wildman–Crippen LogP) is 5.39. The van der Waals surface area contributed by atoms with Gasteiger partial charge < -0.3 is 19.9 Å². The second-order valence-electron chi connectivity index (χ2n) is 14.3. The van der Waals surface area contributed by atoms with Gasteiger partial charge in [0.1, 0.15) is 6.42 Å². The van der Waals surface area contributed by atoms with E-state index in [2.05, 4.69) is 33.0 Å². The van der Waals surface area contributed by atoms with Crippen molar-refractivity contribution in [3.05, 3.63) is 0 Å². The van der Waals surface area contributed by atoms with Crippen molar-refractivity contribution < 1.29 is 24.2 Å². The number of rotatable bonds is 3. The highest BCUT2D eigenvalue weighted by Gasteiger charge is 2.69. The Bertz CT molecular complexity index is 898. The molecular formula is C30H47NO5. The molecule has 2 aliphatic heterocycles. The van der Waals surface area contributed by atoms with Crippen LogP contribution in [-0.2, 0) is 19.1 Å². The van der Waals surface area contributed by atoms with E-state index < -0.39 is 12.4 Å². The van der Waals surface area contributed by atoms with Crippen molar-refractivity contribution in [2.45, 2.75) is 116 Å². The van der Waals surface area contributed by atoms with Crippen LogP contribution in [0.3, 0.4) is 0 Å². The molecule has 0 aromatic rings. The number of nitrogens with one attached hydrogen (secondary N) is 1. The van der Waals surface area contributed by atoms with Gasteiger partial charge in [-0.25, -0.2) is 0 Å². The van der Waals surface area contributed by atoms with Crippen LogP contribution in [0, 0.1) is 52.3 Å². The second-order valence-corrected chi connectivity index (χ2v) is 14.3. The van der Waals surface area contributed by atoms with Gasteiger partial charge in [0.05, 0.1) is 12.7 Å². The summed E-state index contributed by atoms with van der Waals surface area (Å²) in [6, 6.07) is 0.134. The fraction of sp³-hybridized carbons (Fsp3) is 0.933. The minimum atomic E-state index is -1.05. The van der Waals surface area contributed by atoms with Gasteiger partial charge in [-0.1, -0.05) is 27.7 Å². The summed E-state index contributed by atoms with van der Waals surface area (Å²) >= 11 is 0. The average molecular weight is 502 g/mol. The number of fused-ring (bicyclic) bond motifs is 7. The molecule has 6 nitrogen and oxygen atoms in total. The molecule has 0 aromatic heterocycles. The van der Waals surface area contributed by atoms with E-state index in [0.717, 1.165) is 50.0 Å². The number of hydrogen-bond donors (Lipinski definition) is 2. The highest BCUT2D eigenvalue weighted by atomic mass is 16.7. The third-order valence-corrected chi connectivity index (χ3v) is 12.6. The fourth-order valence-corrected chi connectivity index (χ4v) is 10.8. The maximum absolute atomic E-state index is 12.1. The highest BCUT2D eigenvalue weighted by molar-refractivity contribution is 5.93. The lowest BCUT2D eigenvalue weighted by atomic mass is 9.44. The standard InChI is InChI=1S/C30H47NO5/c1-17-7-12-30(35-16-17)18(2)27-24(36-30)14-23-21-6-5-19-13-20(31-25(32)15-26(33)34)8-10-28(19,3)22(21)9-11-29(23,27)4/h17-24,27H,5-16H2,1-4H3,(H,31,32)(H,33,34)/t17-,18-,19+,20?,21+,22?,23-,24-,27-,28-,29-,30+/m0/s1. The smallest absolute Gasteiger partial charge is 0.312 e. The van der Waals surface area contributed by atoms with Gasteiger partial charge in [0.15, 0.2) is 5.79 Å². The largest absolute Gasteiger partial charge is 0.481 e.